The molecule has 0 saturated heterocycles. The molecule has 0 radical (unpaired) electrons. The molecule has 0 unspecified atom stereocenters. The van der Waals surface area contributed by atoms with Gasteiger partial charge in [0.05, 0.1) is 16.3 Å². The van der Waals surface area contributed by atoms with E-state index in [2.05, 4.69) is 10.1 Å². The molecule has 2 aromatic carbocycles. The zero-order valence-corrected chi connectivity index (χ0v) is 18.8. The van der Waals surface area contributed by atoms with Crippen LogP contribution in [0.5, 0.6) is 0 Å². The largest absolute Gasteiger partial charge is 0.452 e. The zero-order chi connectivity index (χ0) is 22.4. The lowest BCUT2D eigenvalue weighted by atomic mass is 10.0. The summed E-state index contributed by atoms with van der Waals surface area (Å²) in [5.74, 6) is 0.815. The van der Waals surface area contributed by atoms with Gasteiger partial charge in [-0.1, -0.05) is 47.6 Å². The van der Waals surface area contributed by atoms with E-state index in [0.717, 1.165) is 5.56 Å². The highest BCUT2D eigenvalue weighted by Gasteiger charge is 2.46. The maximum atomic E-state index is 13.0. The molecule has 0 spiro atoms. The number of nitrogens with one attached hydrogen (secondary N) is 1. The van der Waals surface area contributed by atoms with Crippen LogP contribution in [0.3, 0.4) is 0 Å². The van der Waals surface area contributed by atoms with Crippen molar-refractivity contribution in [2.75, 3.05) is 11.2 Å². The van der Waals surface area contributed by atoms with Gasteiger partial charge in [-0.3, -0.25) is 14.6 Å². The van der Waals surface area contributed by atoms with Gasteiger partial charge in [0.25, 0.3) is 0 Å². The number of hydrogen-bond acceptors (Lipinski definition) is 5. The Balaban J connectivity index is 1.77. The van der Waals surface area contributed by atoms with E-state index in [1.165, 1.54) is 18.7 Å². The van der Waals surface area contributed by atoms with Crippen LogP contribution in [0.2, 0.25) is 5.02 Å². The lowest BCUT2D eigenvalue weighted by molar-refractivity contribution is -0.764. The van der Waals surface area contributed by atoms with Crippen LogP contribution in [0.25, 0.3) is 22.6 Å². The van der Waals surface area contributed by atoms with E-state index in [1.54, 1.807) is 33.8 Å². The monoisotopic (exact) mass is 465 g/mol. The maximum absolute atomic E-state index is 13.0. The molecule has 1 aliphatic rings. The average Bonchev–Trinajstić information content (AvgIpc) is 3.27. The fourth-order valence-electron chi connectivity index (χ4n) is 3.96. The summed E-state index contributed by atoms with van der Waals surface area (Å²) in [4.78, 5) is 30.3. The first-order valence-corrected chi connectivity index (χ1v) is 11.4. The SMILES string of the molecule is CSc1n[n+]2c(c(=O)[nH]1)-c1ccccc1N(C(C)=O)[C@H]2c1ccc(-c2ccccc2Cl)o1. The normalized spacial score (nSPS) is 14.7. The van der Waals surface area contributed by atoms with E-state index in [-0.39, 0.29) is 11.5 Å². The summed E-state index contributed by atoms with van der Waals surface area (Å²) in [5, 5.41) is 5.61. The summed E-state index contributed by atoms with van der Waals surface area (Å²) in [6, 6.07) is 18.2. The number of amides is 1. The minimum atomic E-state index is -0.776. The van der Waals surface area contributed by atoms with Gasteiger partial charge in [0.1, 0.15) is 5.76 Å². The van der Waals surface area contributed by atoms with Crippen LogP contribution in [0.4, 0.5) is 5.69 Å². The number of furan rings is 1. The highest BCUT2D eigenvalue weighted by atomic mass is 35.5. The molecule has 0 fully saturated rings. The predicted molar refractivity (Wildman–Crippen MR) is 123 cm³/mol. The standard InChI is InChI=1S/C23H17ClN4O3S/c1-13(29)27-17-10-6-4-8-15(17)20-21(30)25-23(32-2)26-28(20)22(27)19-12-11-18(31-19)14-7-3-5-9-16(14)24/h3-12,22H,1-2H3/p+1/t22-/m1/s1. The molecule has 5 rings (SSSR count). The second-order valence-electron chi connectivity index (χ2n) is 7.22. The molecule has 2 aromatic heterocycles. The van der Waals surface area contributed by atoms with Gasteiger partial charge in [-0.05, 0) is 47.3 Å². The van der Waals surface area contributed by atoms with Crippen LogP contribution in [-0.2, 0) is 4.79 Å². The molecule has 32 heavy (non-hydrogen) atoms. The van der Waals surface area contributed by atoms with Gasteiger partial charge in [-0.2, -0.15) is 0 Å². The summed E-state index contributed by atoms with van der Waals surface area (Å²) in [6.07, 6.45) is 1.05. The van der Waals surface area contributed by atoms with Crippen LogP contribution >= 0.6 is 23.4 Å². The number of hydrogen-bond donors (Lipinski definition) is 1. The Hall–Kier alpha value is -3.36. The van der Waals surface area contributed by atoms with Crippen LogP contribution < -0.4 is 15.1 Å². The second kappa shape index (κ2) is 7.96. The van der Waals surface area contributed by atoms with Crippen molar-refractivity contribution in [2.45, 2.75) is 18.2 Å². The molecular weight excluding hydrogens is 448 g/mol. The number of H-pyrrole nitrogens is 1. The third-order valence-electron chi connectivity index (χ3n) is 5.31. The first-order valence-electron chi connectivity index (χ1n) is 9.83. The van der Waals surface area contributed by atoms with E-state index >= 15 is 0 Å². The zero-order valence-electron chi connectivity index (χ0n) is 17.2. The summed E-state index contributed by atoms with van der Waals surface area (Å²) >= 11 is 7.66. The number of aromatic amines is 1. The number of nitrogens with zero attached hydrogens (tertiary/aromatic N) is 3. The number of aromatic nitrogens is 3. The minimum Gasteiger partial charge on any atom is -0.452 e. The van der Waals surface area contributed by atoms with Crippen LogP contribution in [0, 0.1) is 0 Å². The van der Waals surface area contributed by atoms with Gasteiger partial charge in [-0.25, -0.2) is 4.90 Å². The molecule has 0 saturated carbocycles. The lowest BCUT2D eigenvalue weighted by Gasteiger charge is -2.29. The molecule has 9 heteroatoms. The molecule has 0 aliphatic carbocycles. The van der Waals surface area contributed by atoms with Gasteiger partial charge in [-0.15, -0.1) is 0 Å². The molecule has 3 heterocycles. The number of halogens is 1. The highest BCUT2D eigenvalue weighted by Crippen LogP contribution is 2.39. The van der Waals surface area contributed by atoms with Crippen LogP contribution in [0.1, 0.15) is 18.8 Å². The molecule has 4 aromatic rings. The highest BCUT2D eigenvalue weighted by molar-refractivity contribution is 7.98. The number of carbonyl (C=O) groups excluding carboxylic acids is 1. The fourth-order valence-corrected chi connectivity index (χ4v) is 4.55. The Morgan fingerprint density at radius 2 is 1.84 bits per heavy atom. The van der Waals surface area contributed by atoms with Crippen molar-refractivity contribution >= 4 is 35.0 Å². The topological polar surface area (TPSA) is 83.1 Å². The lowest BCUT2D eigenvalue weighted by Crippen LogP contribution is -2.60. The Morgan fingerprint density at radius 3 is 2.56 bits per heavy atom. The van der Waals surface area contributed by atoms with Gasteiger partial charge in [0, 0.05) is 17.6 Å². The minimum absolute atomic E-state index is 0.205. The van der Waals surface area contributed by atoms with Crippen molar-refractivity contribution in [3.8, 4) is 22.6 Å². The Labute approximate surface area is 192 Å². The number of para-hydroxylation sites is 1. The third kappa shape index (κ3) is 3.23. The van der Waals surface area contributed by atoms with Crippen molar-refractivity contribution in [2.24, 2.45) is 0 Å². The molecule has 1 aliphatic heterocycles. The van der Waals surface area contributed by atoms with Gasteiger partial charge in [0.15, 0.2) is 5.76 Å². The predicted octanol–water partition coefficient (Wildman–Crippen LogP) is 4.27. The van der Waals surface area contributed by atoms with Crippen molar-refractivity contribution in [3.63, 3.8) is 0 Å². The van der Waals surface area contributed by atoms with Gasteiger partial charge in [0.2, 0.25) is 11.1 Å². The fraction of sp³-hybridized carbons (Fsp3) is 0.130. The Morgan fingerprint density at radius 1 is 1.12 bits per heavy atom. The number of thioether (sulfide) groups is 1. The van der Waals surface area contributed by atoms with E-state index in [9.17, 15) is 9.59 Å². The average molecular weight is 466 g/mol. The van der Waals surface area contributed by atoms with E-state index in [0.29, 0.717) is 38.6 Å². The quantitative estimate of drug-likeness (QED) is 0.361. The third-order valence-corrected chi connectivity index (χ3v) is 6.21. The molecule has 1 atom stereocenters. The van der Waals surface area contributed by atoms with Crippen molar-refractivity contribution in [1.29, 1.82) is 0 Å². The summed E-state index contributed by atoms with van der Waals surface area (Å²) in [5.41, 5.74) is 2.04. The van der Waals surface area contributed by atoms with Crippen LogP contribution in [-0.4, -0.2) is 22.2 Å². The number of rotatable bonds is 3. The molecule has 1 N–H and O–H groups in total. The van der Waals surface area contributed by atoms with Crippen molar-refractivity contribution in [3.05, 3.63) is 81.8 Å². The molecule has 0 bridgehead atoms. The van der Waals surface area contributed by atoms with Crippen molar-refractivity contribution < 1.29 is 13.9 Å². The summed E-state index contributed by atoms with van der Waals surface area (Å²) in [6.45, 7) is 1.48. The smallest absolute Gasteiger partial charge is 0.325 e. The summed E-state index contributed by atoms with van der Waals surface area (Å²) < 4.78 is 7.76. The van der Waals surface area contributed by atoms with E-state index < -0.39 is 6.17 Å². The summed E-state index contributed by atoms with van der Waals surface area (Å²) in [7, 11) is 0. The first kappa shape index (κ1) is 20.5. The number of anilines is 1. The molecular formula is C23H18ClN4O3S+. The number of carbonyl (C=O) groups is 1. The van der Waals surface area contributed by atoms with Crippen LogP contribution in [0.15, 0.2) is 75.0 Å². The second-order valence-corrected chi connectivity index (χ2v) is 8.42. The molecule has 1 amide bonds. The maximum Gasteiger partial charge on any atom is 0.325 e. The van der Waals surface area contributed by atoms with Crippen molar-refractivity contribution in [1.82, 2.24) is 10.1 Å². The molecule has 160 valence electrons. The van der Waals surface area contributed by atoms with Gasteiger partial charge < -0.3 is 4.42 Å². The Bertz CT molecular complexity index is 1410. The molecule has 7 nitrogen and oxygen atoms in total. The Kier molecular flexibility index (Phi) is 5.11. The van der Waals surface area contributed by atoms with E-state index in [1.807, 2.05) is 42.7 Å². The number of fused-ring (bicyclic) bond motifs is 3. The van der Waals surface area contributed by atoms with Gasteiger partial charge >= 0.3 is 17.4 Å². The van der Waals surface area contributed by atoms with E-state index in [4.69, 9.17) is 16.0 Å². The number of benzene rings is 2. The first-order chi connectivity index (χ1) is 15.5.